The Bertz CT molecular complexity index is 311. The zero-order chi connectivity index (χ0) is 12.6. The Morgan fingerprint density at radius 2 is 2.06 bits per heavy atom. The summed E-state index contributed by atoms with van der Waals surface area (Å²) in [4.78, 5) is 2.36. The van der Waals surface area contributed by atoms with E-state index in [1.165, 1.54) is 0 Å². The first-order chi connectivity index (χ1) is 8.14. The summed E-state index contributed by atoms with van der Waals surface area (Å²) in [6.07, 6.45) is 3.00. The van der Waals surface area contributed by atoms with E-state index in [1.807, 2.05) is 0 Å². The van der Waals surface area contributed by atoms with Crippen molar-refractivity contribution in [3.63, 3.8) is 0 Å². The topological polar surface area (TPSA) is 61.4 Å². The molecule has 0 aromatic heterocycles. The number of allylic oxidation sites excluding steroid dienone is 1. The molecule has 1 aliphatic rings. The highest BCUT2D eigenvalue weighted by Crippen LogP contribution is 1.95. The van der Waals surface area contributed by atoms with Gasteiger partial charge < -0.3 is 10.2 Å². The molecule has 0 unspecified atom stereocenters. The first-order valence-electron chi connectivity index (χ1n) is 6.15. The smallest absolute Gasteiger partial charge is 0.211 e. The molecule has 6 heteroatoms. The summed E-state index contributed by atoms with van der Waals surface area (Å²) < 4.78 is 25.5. The Hall–Kier alpha value is -0.430. The maximum absolute atomic E-state index is 11.5. The van der Waals surface area contributed by atoms with Crippen LogP contribution in [0.4, 0.5) is 0 Å². The van der Waals surface area contributed by atoms with Crippen LogP contribution in [0, 0.1) is 0 Å². The molecule has 0 aliphatic carbocycles. The zero-order valence-corrected chi connectivity index (χ0v) is 11.1. The fraction of sp³-hybridized carbons (Fsp3) is 0.818. The molecule has 1 heterocycles. The Morgan fingerprint density at radius 3 is 2.71 bits per heavy atom. The Morgan fingerprint density at radius 1 is 1.35 bits per heavy atom. The van der Waals surface area contributed by atoms with Crippen molar-refractivity contribution in [1.82, 2.24) is 14.9 Å². The van der Waals surface area contributed by atoms with Crippen molar-refractivity contribution < 1.29 is 8.42 Å². The monoisotopic (exact) mass is 261 g/mol. The third-order valence-electron chi connectivity index (χ3n) is 2.77. The van der Waals surface area contributed by atoms with Crippen molar-refractivity contribution in [2.75, 3.05) is 45.0 Å². The van der Waals surface area contributed by atoms with Crippen LogP contribution in [0.15, 0.2) is 12.7 Å². The minimum Gasteiger partial charge on any atom is -0.314 e. The molecule has 0 bridgehead atoms. The van der Waals surface area contributed by atoms with E-state index in [1.54, 1.807) is 6.08 Å². The van der Waals surface area contributed by atoms with Crippen molar-refractivity contribution in [2.24, 2.45) is 0 Å². The maximum atomic E-state index is 11.5. The van der Waals surface area contributed by atoms with Gasteiger partial charge in [0.2, 0.25) is 10.0 Å². The van der Waals surface area contributed by atoms with Gasteiger partial charge in [-0.25, -0.2) is 13.1 Å². The van der Waals surface area contributed by atoms with Crippen molar-refractivity contribution >= 4 is 10.0 Å². The molecule has 1 aliphatic heterocycles. The lowest BCUT2D eigenvalue weighted by Crippen LogP contribution is -2.44. The summed E-state index contributed by atoms with van der Waals surface area (Å²) in [5.74, 6) is 0.143. The SMILES string of the molecule is C=CCCS(=O)(=O)NCCCN1CCNCC1. The van der Waals surface area contributed by atoms with Crippen LogP contribution in [0.25, 0.3) is 0 Å². The van der Waals surface area contributed by atoms with Crippen LogP contribution in [0.2, 0.25) is 0 Å². The number of hydrogen-bond acceptors (Lipinski definition) is 4. The fourth-order valence-electron chi connectivity index (χ4n) is 1.78. The second-order valence-electron chi connectivity index (χ2n) is 4.24. The van der Waals surface area contributed by atoms with Gasteiger partial charge in [-0.05, 0) is 19.4 Å². The summed E-state index contributed by atoms with van der Waals surface area (Å²) in [6.45, 7) is 9.19. The molecular weight excluding hydrogens is 238 g/mol. The number of nitrogens with one attached hydrogen (secondary N) is 2. The lowest BCUT2D eigenvalue weighted by molar-refractivity contribution is 0.239. The van der Waals surface area contributed by atoms with Gasteiger partial charge in [0.25, 0.3) is 0 Å². The van der Waals surface area contributed by atoms with E-state index in [0.717, 1.165) is 39.1 Å². The molecule has 100 valence electrons. The van der Waals surface area contributed by atoms with Crippen LogP contribution in [-0.4, -0.2) is 58.3 Å². The average molecular weight is 261 g/mol. The molecular formula is C11H23N3O2S. The van der Waals surface area contributed by atoms with Gasteiger partial charge in [-0.1, -0.05) is 6.08 Å². The molecule has 0 saturated carbocycles. The molecule has 0 aromatic carbocycles. The van der Waals surface area contributed by atoms with Crippen LogP contribution in [0.1, 0.15) is 12.8 Å². The standard InChI is InChI=1S/C11H23N3O2S/c1-2-3-11-17(15,16)13-5-4-8-14-9-6-12-7-10-14/h2,12-13H,1,3-11H2. The first kappa shape index (κ1) is 14.6. The van der Waals surface area contributed by atoms with E-state index in [4.69, 9.17) is 0 Å². The summed E-state index contributed by atoms with van der Waals surface area (Å²) in [7, 11) is -3.10. The predicted molar refractivity (Wildman–Crippen MR) is 70.5 cm³/mol. The van der Waals surface area contributed by atoms with Gasteiger partial charge in [-0.2, -0.15) is 0 Å². The molecule has 0 aromatic rings. The van der Waals surface area contributed by atoms with Crippen molar-refractivity contribution in [1.29, 1.82) is 0 Å². The number of nitrogens with zero attached hydrogens (tertiary/aromatic N) is 1. The zero-order valence-electron chi connectivity index (χ0n) is 10.3. The number of rotatable bonds is 8. The molecule has 0 atom stereocenters. The molecule has 1 rings (SSSR count). The number of sulfonamides is 1. The summed E-state index contributed by atoms with van der Waals surface area (Å²) >= 11 is 0. The molecule has 17 heavy (non-hydrogen) atoms. The van der Waals surface area contributed by atoms with E-state index in [2.05, 4.69) is 21.5 Å². The van der Waals surface area contributed by atoms with Crippen LogP contribution in [-0.2, 0) is 10.0 Å². The van der Waals surface area contributed by atoms with Crippen LogP contribution in [0.3, 0.4) is 0 Å². The molecule has 0 radical (unpaired) electrons. The molecule has 5 nitrogen and oxygen atoms in total. The Kier molecular flexibility index (Phi) is 6.72. The van der Waals surface area contributed by atoms with Gasteiger partial charge in [-0.15, -0.1) is 6.58 Å². The minimum absolute atomic E-state index is 0.143. The van der Waals surface area contributed by atoms with Crippen LogP contribution in [0.5, 0.6) is 0 Å². The third-order valence-corrected chi connectivity index (χ3v) is 4.19. The summed E-state index contributed by atoms with van der Waals surface area (Å²) in [5.41, 5.74) is 0. The van der Waals surface area contributed by atoms with E-state index in [9.17, 15) is 8.42 Å². The van der Waals surface area contributed by atoms with Gasteiger partial charge in [0.1, 0.15) is 0 Å². The molecule has 1 fully saturated rings. The normalized spacial score (nSPS) is 18.1. The molecule has 1 saturated heterocycles. The van der Waals surface area contributed by atoms with Gasteiger partial charge in [-0.3, -0.25) is 0 Å². The highest BCUT2D eigenvalue weighted by atomic mass is 32.2. The molecule has 2 N–H and O–H groups in total. The largest absolute Gasteiger partial charge is 0.314 e. The fourth-order valence-corrected chi connectivity index (χ4v) is 2.85. The highest BCUT2D eigenvalue weighted by Gasteiger charge is 2.10. The lowest BCUT2D eigenvalue weighted by atomic mass is 10.3. The third kappa shape index (κ3) is 6.78. The van der Waals surface area contributed by atoms with Crippen molar-refractivity contribution in [2.45, 2.75) is 12.8 Å². The minimum atomic E-state index is -3.10. The van der Waals surface area contributed by atoms with E-state index in [0.29, 0.717) is 13.0 Å². The number of hydrogen-bond donors (Lipinski definition) is 2. The van der Waals surface area contributed by atoms with Crippen LogP contribution < -0.4 is 10.0 Å². The van der Waals surface area contributed by atoms with Gasteiger partial charge in [0.05, 0.1) is 5.75 Å². The van der Waals surface area contributed by atoms with Crippen LogP contribution >= 0.6 is 0 Å². The molecule has 0 amide bonds. The predicted octanol–water partition coefficient (Wildman–Crippen LogP) is -0.223. The second-order valence-corrected chi connectivity index (χ2v) is 6.16. The average Bonchev–Trinajstić information content (AvgIpc) is 2.34. The lowest BCUT2D eigenvalue weighted by Gasteiger charge is -2.27. The summed E-state index contributed by atoms with van der Waals surface area (Å²) in [6, 6.07) is 0. The first-order valence-corrected chi connectivity index (χ1v) is 7.80. The maximum Gasteiger partial charge on any atom is 0.211 e. The Labute approximate surface area is 104 Å². The van der Waals surface area contributed by atoms with E-state index in [-0.39, 0.29) is 5.75 Å². The van der Waals surface area contributed by atoms with Gasteiger partial charge in [0, 0.05) is 32.7 Å². The van der Waals surface area contributed by atoms with Gasteiger partial charge in [0.15, 0.2) is 0 Å². The Balaban J connectivity index is 2.08. The van der Waals surface area contributed by atoms with Gasteiger partial charge >= 0.3 is 0 Å². The van der Waals surface area contributed by atoms with E-state index >= 15 is 0 Å². The van der Waals surface area contributed by atoms with Crippen molar-refractivity contribution in [3.8, 4) is 0 Å². The summed E-state index contributed by atoms with van der Waals surface area (Å²) in [5, 5.41) is 3.29. The van der Waals surface area contributed by atoms with Crippen molar-refractivity contribution in [3.05, 3.63) is 12.7 Å². The van der Waals surface area contributed by atoms with E-state index < -0.39 is 10.0 Å². The quantitative estimate of drug-likeness (QED) is 0.468. The molecule has 0 spiro atoms. The highest BCUT2D eigenvalue weighted by molar-refractivity contribution is 7.89. The second kappa shape index (κ2) is 7.81. The number of piperazine rings is 1.